The largest absolute Gasteiger partial charge is 0.379 e. The first kappa shape index (κ1) is 32.0. The van der Waals surface area contributed by atoms with E-state index in [9.17, 15) is 21.6 Å². The van der Waals surface area contributed by atoms with Gasteiger partial charge in [0, 0.05) is 23.5 Å². The maximum absolute atomic E-state index is 12.9. The van der Waals surface area contributed by atoms with E-state index in [0.717, 1.165) is 22.3 Å². The second-order valence-electron chi connectivity index (χ2n) is 10.5. The fourth-order valence-corrected chi connectivity index (χ4v) is 6.63. The number of anilines is 2. The fraction of sp³-hybridized carbons (Fsp3) is 0. The average molecular weight is 677 g/mol. The minimum atomic E-state index is -4.15. The van der Waals surface area contributed by atoms with Gasteiger partial charge in [-0.1, -0.05) is 97.1 Å². The van der Waals surface area contributed by atoms with Gasteiger partial charge in [-0.05, 0) is 70.8 Å². The Balaban J connectivity index is 1.07. The predicted octanol–water partition coefficient (Wildman–Crippen LogP) is 8.20. The van der Waals surface area contributed by atoms with Gasteiger partial charge in [0.05, 0.1) is 0 Å². The van der Waals surface area contributed by atoms with E-state index in [1.165, 1.54) is 60.7 Å². The molecule has 0 saturated heterocycles. The van der Waals surface area contributed by atoms with Gasteiger partial charge in [0.1, 0.15) is 21.3 Å². The topological polar surface area (TPSA) is 128 Å². The molecule has 0 spiro atoms. The van der Waals surface area contributed by atoms with Crippen LogP contribution in [0.5, 0.6) is 11.5 Å². The van der Waals surface area contributed by atoms with Gasteiger partial charge in [-0.3, -0.25) is 0 Å². The highest BCUT2D eigenvalue weighted by molar-refractivity contribution is 7.87. The van der Waals surface area contributed by atoms with E-state index in [-0.39, 0.29) is 32.7 Å². The Morgan fingerprint density at radius 3 is 1.15 bits per heavy atom. The number of nitrogens with one attached hydrogen (secondary N) is 2. The van der Waals surface area contributed by atoms with Crippen molar-refractivity contribution in [2.45, 2.75) is 9.79 Å². The van der Waals surface area contributed by atoms with Gasteiger partial charge in [0.2, 0.25) is 0 Å². The number of hydrogen-bond acceptors (Lipinski definition) is 7. The summed E-state index contributed by atoms with van der Waals surface area (Å²) in [5.41, 5.74) is 4.14. The Morgan fingerprint density at radius 2 is 0.771 bits per heavy atom. The summed E-state index contributed by atoms with van der Waals surface area (Å²) < 4.78 is 62.4. The van der Waals surface area contributed by atoms with E-state index in [4.69, 9.17) is 8.37 Å². The van der Waals surface area contributed by atoms with E-state index in [1.807, 2.05) is 60.7 Å². The SMILES string of the molecule is O=C(Nc1cccc(OS(=O)(=O)c2ccc(-c3ccccc3)cc2)c1)Nc1cccc(OS(=O)(=O)c2ccc(-c3ccccc3)cc2)c1. The number of benzene rings is 6. The zero-order valence-electron chi connectivity index (χ0n) is 25.2. The van der Waals surface area contributed by atoms with Crippen LogP contribution in [0.15, 0.2) is 168 Å². The van der Waals surface area contributed by atoms with E-state index in [1.54, 1.807) is 36.4 Å². The number of carbonyl (C=O) groups is 1. The molecule has 0 heterocycles. The maximum atomic E-state index is 12.9. The first-order valence-electron chi connectivity index (χ1n) is 14.6. The van der Waals surface area contributed by atoms with Crippen molar-refractivity contribution >= 4 is 37.6 Å². The molecule has 0 unspecified atom stereocenters. The van der Waals surface area contributed by atoms with Crippen LogP contribution in [0, 0.1) is 0 Å². The van der Waals surface area contributed by atoms with Crippen molar-refractivity contribution < 1.29 is 30.0 Å². The number of amides is 2. The third-order valence-corrected chi connectivity index (χ3v) is 9.62. The molecule has 0 aromatic heterocycles. The molecule has 6 rings (SSSR count). The molecule has 0 fully saturated rings. The fourth-order valence-electron chi connectivity index (χ4n) is 4.78. The number of urea groups is 1. The molecule has 2 amide bonds. The van der Waals surface area contributed by atoms with Gasteiger partial charge >= 0.3 is 26.3 Å². The first-order valence-corrected chi connectivity index (χ1v) is 17.4. The summed E-state index contributed by atoms with van der Waals surface area (Å²) in [5, 5.41) is 5.22. The lowest BCUT2D eigenvalue weighted by atomic mass is 10.1. The Bertz CT molecular complexity index is 2100. The quantitative estimate of drug-likeness (QED) is 0.140. The first-order chi connectivity index (χ1) is 23.1. The molecule has 240 valence electrons. The van der Waals surface area contributed by atoms with Gasteiger partial charge in [0.25, 0.3) is 0 Å². The maximum Gasteiger partial charge on any atom is 0.339 e. The second-order valence-corrected chi connectivity index (χ2v) is 13.6. The number of carbonyl (C=O) groups excluding carboxylic acids is 1. The molecule has 9 nitrogen and oxygen atoms in total. The van der Waals surface area contributed by atoms with Crippen molar-refractivity contribution in [3.8, 4) is 33.8 Å². The monoisotopic (exact) mass is 676 g/mol. The van der Waals surface area contributed by atoms with Crippen LogP contribution in [0.2, 0.25) is 0 Å². The third kappa shape index (κ3) is 7.89. The molecule has 0 aliphatic heterocycles. The van der Waals surface area contributed by atoms with Gasteiger partial charge in [-0.15, -0.1) is 0 Å². The van der Waals surface area contributed by atoms with Crippen LogP contribution in [0.4, 0.5) is 16.2 Å². The molecule has 0 bridgehead atoms. The van der Waals surface area contributed by atoms with Gasteiger partial charge in [-0.25, -0.2) is 4.79 Å². The Morgan fingerprint density at radius 1 is 0.417 bits per heavy atom. The van der Waals surface area contributed by atoms with Crippen molar-refractivity contribution in [1.29, 1.82) is 0 Å². The standard InChI is InChI=1S/C37H28N2O7S2/c40-37(38-31-13-7-15-33(25-31)45-47(41,42)35-21-17-29(18-22-35)27-9-3-1-4-10-27)39-32-14-8-16-34(26-32)46-48(43,44)36-23-19-30(20-24-36)28-11-5-2-6-12-28/h1-26H,(H2,38,39,40). The molecule has 0 radical (unpaired) electrons. The van der Waals surface area contributed by atoms with Gasteiger partial charge in [0.15, 0.2) is 0 Å². The summed E-state index contributed by atoms with van der Waals surface area (Å²) in [5.74, 6) is -0.00492. The van der Waals surface area contributed by atoms with Gasteiger partial charge < -0.3 is 19.0 Å². The summed E-state index contributed by atoms with van der Waals surface area (Å²) in [7, 11) is -8.30. The molecule has 0 saturated carbocycles. The molecule has 2 N–H and O–H groups in total. The van der Waals surface area contributed by atoms with E-state index in [0.29, 0.717) is 0 Å². The second kappa shape index (κ2) is 13.8. The van der Waals surface area contributed by atoms with Crippen LogP contribution in [0.25, 0.3) is 22.3 Å². The molecule has 0 aliphatic rings. The minimum absolute atomic E-state index is 0.00246. The lowest BCUT2D eigenvalue weighted by Gasteiger charge is -2.12. The van der Waals surface area contributed by atoms with Crippen LogP contribution in [-0.4, -0.2) is 22.9 Å². The summed E-state index contributed by atoms with van der Waals surface area (Å²) >= 11 is 0. The van der Waals surface area contributed by atoms with Crippen LogP contribution in [0.3, 0.4) is 0 Å². The zero-order chi connectivity index (χ0) is 33.6. The van der Waals surface area contributed by atoms with Gasteiger partial charge in [-0.2, -0.15) is 16.8 Å². The number of rotatable bonds is 10. The predicted molar refractivity (Wildman–Crippen MR) is 185 cm³/mol. The Hall–Kier alpha value is -5.91. The Labute approximate surface area is 278 Å². The van der Waals surface area contributed by atoms with Crippen LogP contribution >= 0.6 is 0 Å². The van der Waals surface area contributed by atoms with Crippen molar-refractivity contribution in [3.05, 3.63) is 158 Å². The smallest absolute Gasteiger partial charge is 0.339 e. The van der Waals surface area contributed by atoms with Crippen LogP contribution < -0.4 is 19.0 Å². The Kier molecular flexibility index (Phi) is 9.24. The third-order valence-electron chi connectivity index (χ3n) is 7.10. The average Bonchev–Trinajstić information content (AvgIpc) is 3.09. The minimum Gasteiger partial charge on any atom is -0.379 e. The molecular formula is C37H28N2O7S2. The summed E-state index contributed by atoms with van der Waals surface area (Å²) in [4.78, 5) is 12.7. The van der Waals surface area contributed by atoms with E-state index < -0.39 is 26.3 Å². The van der Waals surface area contributed by atoms with E-state index >= 15 is 0 Å². The molecular weight excluding hydrogens is 649 g/mol. The summed E-state index contributed by atoms with van der Waals surface area (Å²) in [6, 6.07) is 43.0. The molecule has 6 aromatic rings. The number of hydrogen-bond donors (Lipinski definition) is 2. The molecule has 48 heavy (non-hydrogen) atoms. The zero-order valence-corrected chi connectivity index (χ0v) is 26.8. The lowest BCUT2D eigenvalue weighted by molar-refractivity contribution is 0.262. The van der Waals surface area contributed by atoms with Crippen molar-refractivity contribution in [2.24, 2.45) is 0 Å². The molecule has 0 atom stereocenters. The van der Waals surface area contributed by atoms with Crippen LogP contribution in [0.1, 0.15) is 0 Å². The van der Waals surface area contributed by atoms with Crippen molar-refractivity contribution in [1.82, 2.24) is 0 Å². The highest BCUT2D eigenvalue weighted by Gasteiger charge is 2.19. The van der Waals surface area contributed by atoms with E-state index in [2.05, 4.69) is 10.6 Å². The lowest BCUT2D eigenvalue weighted by Crippen LogP contribution is -2.19. The normalized spacial score (nSPS) is 11.3. The molecule has 6 aromatic carbocycles. The molecule has 11 heteroatoms. The van der Waals surface area contributed by atoms with Crippen molar-refractivity contribution in [3.63, 3.8) is 0 Å². The van der Waals surface area contributed by atoms with Crippen molar-refractivity contribution in [2.75, 3.05) is 10.6 Å². The molecule has 0 aliphatic carbocycles. The summed E-state index contributed by atoms with van der Waals surface area (Å²) in [6.07, 6.45) is 0. The highest BCUT2D eigenvalue weighted by atomic mass is 32.2. The highest BCUT2D eigenvalue weighted by Crippen LogP contribution is 2.27. The summed E-state index contributed by atoms with van der Waals surface area (Å²) in [6.45, 7) is 0. The van der Waals surface area contributed by atoms with Crippen LogP contribution in [-0.2, 0) is 20.2 Å².